The number of carbonyl (C=O) groups is 1. The first kappa shape index (κ1) is 22.6. The molecule has 0 atom stereocenters. The maximum absolute atomic E-state index is 13.5. The molecule has 0 N–H and O–H groups in total. The molecule has 1 amide bonds. The van der Waals surface area contributed by atoms with Gasteiger partial charge in [0, 0.05) is 10.8 Å². The lowest BCUT2D eigenvalue weighted by molar-refractivity contribution is -0.129. The van der Waals surface area contributed by atoms with Crippen LogP contribution in [0.4, 0.5) is 11.4 Å². The molecule has 0 saturated carbocycles. The summed E-state index contributed by atoms with van der Waals surface area (Å²) in [6.07, 6.45) is 1.80. The first-order chi connectivity index (χ1) is 13.8. The molecular weight excluding hydrogens is 356 g/mol. The number of amides is 1. The number of pyridine rings is 1. The smallest absolute Gasteiger partial charge is 0.238 e. The summed E-state index contributed by atoms with van der Waals surface area (Å²) in [4.78, 5) is 19.8. The maximum Gasteiger partial charge on any atom is 0.238 e. The highest BCUT2D eigenvalue weighted by Crippen LogP contribution is 2.52. The van der Waals surface area contributed by atoms with Crippen LogP contribution >= 0.6 is 0 Å². The zero-order valence-corrected chi connectivity index (χ0v) is 19.1. The normalized spacial score (nSPS) is 16.1. The van der Waals surface area contributed by atoms with Crippen LogP contribution in [0.1, 0.15) is 61.0 Å². The Morgan fingerprint density at radius 1 is 0.793 bits per heavy atom. The molecule has 0 aliphatic carbocycles. The molecule has 2 heterocycles. The molecule has 3 nitrogen and oxygen atoms in total. The van der Waals surface area contributed by atoms with Crippen LogP contribution in [0.2, 0.25) is 0 Å². The van der Waals surface area contributed by atoms with E-state index in [4.69, 9.17) is 0 Å². The number of para-hydroxylation sites is 2. The highest BCUT2D eigenvalue weighted by atomic mass is 16.2. The average Bonchev–Trinajstić information content (AvgIpc) is 2.76. The molecule has 1 aliphatic rings. The molecule has 0 bridgehead atoms. The second-order valence-electron chi connectivity index (χ2n) is 7.79. The molecule has 154 valence electrons. The number of carbonyl (C=O) groups excluding carboxylic acids is 1. The van der Waals surface area contributed by atoms with Crippen LogP contribution in [0.3, 0.4) is 0 Å². The van der Waals surface area contributed by atoms with Crippen molar-refractivity contribution in [3.63, 3.8) is 0 Å². The van der Waals surface area contributed by atoms with Gasteiger partial charge in [-0.1, -0.05) is 91.8 Å². The third-order valence-corrected chi connectivity index (χ3v) is 5.95. The average molecular weight is 391 g/mol. The van der Waals surface area contributed by atoms with E-state index < -0.39 is 5.41 Å². The number of aromatic nitrogens is 1. The molecule has 0 fully saturated rings. The van der Waals surface area contributed by atoms with Gasteiger partial charge < -0.3 is 0 Å². The molecule has 1 aromatic heterocycles. The molecular formula is C26H34N2O. The molecule has 3 aromatic rings. The first-order valence-corrected chi connectivity index (χ1v) is 10.6. The Labute approximate surface area is 175 Å². The van der Waals surface area contributed by atoms with Crippen LogP contribution in [0, 0.1) is 5.41 Å². The largest absolute Gasteiger partial charge is 0.279 e. The lowest BCUT2D eigenvalue weighted by Crippen LogP contribution is -2.53. The minimum Gasteiger partial charge on any atom is -0.279 e. The molecule has 3 heteroatoms. The van der Waals surface area contributed by atoms with E-state index in [0.29, 0.717) is 0 Å². The van der Waals surface area contributed by atoms with Crippen LogP contribution in [-0.2, 0) is 10.2 Å². The molecule has 0 spiro atoms. The Balaban J connectivity index is 0.000000707. The summed E-state index contributed by atoms with van der Waals surface area (Å²) in [5.41, 5.74) is 3.12. The fraction of sp³-hybridized carbons (Fsp3) is 0.385. The summed E-state index contributed by atoms with van der Waals surface area (Å²) in [5.74, 6) is 0.105. The van der Waals surface area contributed by atoms with E-state index in [9.17, 15) is 4.79 Å². The number of nitrogens with zero attached hydrogens (tertiary/aromatic N) is 2. The maximum atomic E-state index is 13.5. The quantitative estimate of drug-likeness (QED) is 0.438. The number of rotatable bonds is 1. The molecule has 0 saturated heterocycles. The van der Waals surface area contributed by atoms with E-state index in [1.54, 1.807) is 6.20 Å². The van der Waals surface area contributed by atoms with E-state index >= 15 is 0 Å². The van der Waals surface area contributed by atoms with Gasteiger partial charge in [0.1, 0.15) is 0 Å². The number of benzene rings is 2. The number of anilines is 2. The minimum atomic E-state index is -0.521. The van der Waals surface area contributed by atoms with Gasteiger partial charge in [-0.05, 0) is 23.8 Å². The van der Waals surface area contributed by atoms with Crippen LogP contribution in [0.25, 0.3) is 10.9 Å². The Morgan fingerprint density at radius 3 is 2.07 bits per heavy atom. The molecule has 29 heavy (non-hydrogen) atoms. The zero-order valence-electron chi connectivity index (χ0n) is 19.1. The van der Waals surface area contributed by atoms with Crippen LogP contribution in [0.15, 0.2) is 60.8 Å². The van der Waals surface area contributed by atoms with Crippen molar-refractivity contribution < 1.29 is 4.79 Å². The van der Waals surface area contributed by atoms with Crippen LogP contribution in [-0.4, -0.2) is 10.9 Å². The minimum absolute atomic E-state index is 0.105. The molecule has 0 unspecified atom stereocenters. The zero-order chi connectivity index (χ0) is 21.8. The summed E-state index contributed by atoms with van der Waals surface area (Å²) in [6.45, 7) is 16.4. The van der Waals surface area contributed by atoms with Gasteiger partial charge in [-0.2, -0.15) is 0 Å². The number of hydrogen-bond donors (Lipinski definition) is 0. The van der Waals surface area contributed by atoms with Gasteiger partial charge in [0.2, 0.25) is 5.91 Å². The molecule has 4 rings (SSSR count). The van der Waals surface area contributed by atoms with Crippen molar-refractivity contribution in [2.24, 2.45) is 5.41 Å². The monoisotopic (exact) mass is 390 g/mol. The van der Waals surface area contributed by atoms with Crippen molar-refractivity contribution in [2.45, 2.75) is 60.8 Å². The Hall–Kier alpha value is -2.68. The standard InChI is InChI=1S/C22H22N2O.2C2H6/c1-21(2)17-10-6-8-12-19(17)24(20(25)22(21,3)4)16-13-15-9-5-7-11-18(15)23-14-16;2*1-2/h5-14H,1-4H3;2*1-2H3. The van der Waals surface area contributed by atoms with Crippen molar-refractivity contribution >= 4 is 28.2 Å². The SMILES string of the molecule is CC.CC.CC1(C)C(=O)N(c2cnc3ccccc3c2)c2ccccc2C1(C)C. The first-order valence-electron chi connectivity index (χ1n) is 10.6. The van der Waals surface area contributed by atoms with Gasteiger partial charge in [-0.3, -0.25) is 14.7 Å². The van der Waals surface area contributed by atoms with E-state index in [0.717, 1.165) is 22.3 Å². The lowest BCUT2D eigenvalue weighted by atomic mass is 9.61. The van der Waals surface area contributed by atoms with Crippen molar-refractivity contribution in [2.75, 3.05) is 4.90 Å². The highest BCUT2D eigenvalue weighted by molar-refractivity contribution is 6.08. The van der Waals surface area contributed by atoms with Crippen LogP contribution < -0.4 is 4.90 Å². The summed E-state index contributed by atoms with van der Waals surface area (Å²) in [5, 5.41) is 1.04. The van der Waals surface area contributed by atoms with E-state index in [2.05, 4.69) is 24.9 Å². The summed E-state index contributed by atoms with van der Waals surface area (Å²) < 4.78 is 0. The Kier molecular flexibility index (Phi) is 6.84. The second-order valence-corrected chi connectivity index (χ2v) is 7.79. The van der Waals surface area contributed by atoms with E-state index in [-0.39, 0.29) is 11.3 Å². The van der Waals surface area contributed by atoms with E-state index in [1.165, 1.54) is 5.56 Å². The number of fused-ring (bicyclic) bond motifs is 2. The fourth-order valence-corrected chi connectivity index (χ4v) is 3.63. The van der Waals surface area contributed by atoms with Crippen molar-refractivity contribution in [1.82, 2.24) is 4.98 Å². The van der Waals surface area contributed by atoms with Gasteiger partial charge in [0.05, 0.1) is 28.5 Å². The van der Waals surface area contributed by atoms with Crippen molar-refractivity contribution in [1.29, 1.82) is 0 Å². The van der Waals surface area contributed by atoms with Gasteiger partial charge in [0.25, 0.3) is 0 Å². The van der Waals surface area contributed by atoms with Gasteiger partial charge in [0.15, 0.2) is 0 Å². The Bertz CT molecular complexity index is 989. The predicted molar refractivity (Wildman–Crippen MR) is 125 cm³/mol. The Morgan fingerprint density at radius 2 is 1.38 bits per heavy atom. The fourth-order valence-electron chi connectivity index (χ4n) is 3.63. The number of hydrogen-bond acceptors (Lipinski definition) is 2. The lowest BCUT2D eigenvalue weighted by Gasteiger charge is -2.49. The second kappa shape index (κ2) is 8.77. The van der Waals surface area contributed by atoms with E-state index in [1.807, 2.05) is 95.0 Å². The topological polar surface area (TPSA) is 33.2 Å². The van der Waals surface area contributed by atoms with Crippen molar-refractivity contribution in [3.05, 3.63) is 66.4 Å². The van der Waals surface area contributed by atoms with Gasteiger partial charge in [-0.25, -0.2) is 0 Å². The molecule has 0 radical (unpaired) electrons. The molecule has 1 aliphatic heterocycles. The summed E-state index contributed by atoms with van der Waals surface area (Å²) in [6, 6.07) is 18.2. The summed E-state index contributed by atoms with van der Waals surface area (Å²) in [7, 11) is 0. The summed E-state index contributed by atoms with van der Waals surface area (Å²) >= 11 is 0. The third kappa shape index (κ3) is 3.66. The highest BCUT2D eigenvalue weighted by Gasteiger charge is 2.52. The van der Waals surface area contributed by atoms with Crippen molar-refractivity contribution in [3.8, 4) is 0 Å². The predicted octanol–water partition coefficient (Wildman–Crippen LogP) is 7.27. The van der Waals surface area contributed by atoms with Crippen LogP contribution in [0.5, 0.6) is 0 Å². The van der Waals surface area contributed by atoms with Gasteiger partial charge in [-0.15, -0.1) is 0 Å². The molecule has 2 aromatic carbocycles. The third-order valence-electron chi connectivity index (χ3n) is 5.95. The van der Waals surface area contributed by atoms with Gasteiger partial charge >= 0.3 is 0 Å².